The second kappa shape index (κ2) is 7.73. The lowest BCUT2D eigenvalue weighted by atomic mass is 10.2. The van der Waals surface area contributed by atoms with Gasteiger partial charge < -0.3 is 15.0 Å². The molecule has 19 heavy (non-hydrogen) atoms. The molecule has 0 aromatic rings. The Morgan fingerprint density at radius 3 is 2.63 bits per heavy atom. The van der Waals surface area contributed by atoms with Crippen LogP contribution in [0.3, 0.4) is 0 Å². The molecule has 0 saturated carbocycles. The smallest absolute Gasteiger partial charge is 0.410 e. The van der Waals surface area contributed by atoms with Crippen LogP contribution >= 0.6 is 0 Å². The molecular weight excluding hydrogens is 240 g/mol. The molecule has 1 saturated heterocycles. The number of unbranched alkanes of at least 4 members (excludes halogenated alkanes) is 2. The molecule has 1 atom stereocenters. The van der Waals surface area contributed by atoms with Crippen molar-refractivity contribution in [3.8, 4) is 0 Å². The Kier molecular flexibility index (Phi) is 6.63. The number of nitrogens with one attached hydrogen (secondary N) is 1. The summed E-state index contributed by atoms with van der Waals surface area (Å²) >= 11 is 0. The maximum Gasteiger partial charge on any atom is 0.410 e. The van der Waals surface area contributed by atoms with Gasteiger partial charge in [-0.25, -0.2) is 4.79 Å². The van der Waals surface area contributed by atoms with Crippen molar-refractivity contribution in [3.05, 3.63) is 0 Å². The highest BCUT2D eigenvalue weighted by Gasteiger charge is 2.25. The molecule has 1 aliphatic rings. The van der Waals surface area contributed by atoms with E-state index in [-0.39, 0.29) is 6.09 Å². The third-order valence-electron chi connectivity index (χ3n) is 3.29. The van der Waals surface area contributed by atoms with Crippen molar-refractivity contribution in [1.29, 1.82) is 0 Å². The molecule has 1 aliphatic heterocycles. The fraction of sp³-hybridized carbons (Fsp3) is 0.933. The largest absolute Gasteiger partial charge is 0.444 e. The van der Waals surface area contributed by atoms with Gasteiger partial charge in [0.2, 0.25) is 0 Å². The van der Waals surface area contributed by atoms with Gasteiger partial charge in [-0.05, 0) is 46.6 Å². The Hall–Kier alpha value is -0.770. The van der Waals surface area contributed by atoms with E-state index in [1.165, 1.54) is 12.8 Å². The summed E-state index contributed by atoms with van der Waals surface area (Å²) in [7, 11) is 0. The Bertz CT molecular complexity index is 268. The van der Waals surface area contributed by atoms with E-state index in [9.17, 15) is 4.79 Å². The Morgan fingerprint density at radius 1 is 1.37 bits per heavy atom. The maximum absolute atomic E-state index is 12.2. The van der Waals surface area contributed by atoms with Crippen LogP contribution in [0.2, 0.25) is 0 Å². The van der Waals surface area contributed by atoms with Crippen molar-refractivity contribution < 1.29 is 9.53 Å². The van der Waals surface area contributed by atoms with E-state index in [0.717, 1.165) is 38.9 Å². The first-order chi connectivity index (χ1) is 8.92. The van der Waals surface area contributed by atoms with Gasteiger partial charge in [0.1, 0.15) is 5.60 Å². The average molecular weight is 270 g/mol. The van der Waals surface area contributed by atoms with Crippen molar-refractivity contribution in [2.75, 3.05) is 19.6 Å². The molecule has 0 radical (unpaired) electrons. The standard InChI is InChI=1S/C15H30N2O2/c1-5-6-7-11-17(12-13-9-8-10-16-13)14(18)19-15(2,3)4/h13,16H,5-12H2,1-4H3/t13-/m1/s1. The SMILES string of the molecule is CCCCCN(C[C@H]1CCCN1)C(=O)OC(C)(C)C. The number of carbonyl (C=O) groups is 1. The van der Waals surface area contributed by atoms with Crippen LogP contribution in [0.5, 0.6) is 0 Å². The van der Waals surface area contributed by atoms with Gasteiger partial charge in [0.25, 0.3) is 0 Å². The highest BCUT2D eigenvalue weighted by atomic mass is 16.6. The number of carbonyl (C=O) groups excluding carboxylic acids is 1. The van der Waals surface area contributed by atoms with Gasteiger partial charge in [0.05, 0.1) is 0 Å². The zero-order valence-electron chi connectivity index (χ0n) is 13.0. The molecule has 1 fully saturated rings. The summed E-state index contributed by atoms with van der Waals surface area (Å²) in [5.41, 5.74) is -0.413. The van der Waals surface area contributed by atoms with Crippen LogP contribution in [-0.2, 0) is 4.74 Å². The molecule has 1 N–H and O–H groups in total. The van der Waals surface area contributed by atoms with Gasteiger partial charge in [0, 0.05) is 19.1 Å². The lowest BCUT2D eigenvalue weighted by Crippen LogP contribution is -2.44. The monoisotopic (exact) mass is 270 g/mol. The van der Waals surface area contributed by atoms with Crippen LogP contribution in [0.4, 0.5) is 4.79 Å². The van der Waals surface area contributed by atoms with E-state index in [1.807, 2.05) is 25.7 Å². The van der Waals surface area contributed by atoms with Gasteiger partial charge in [-0.15, -0.1) is 0 Å². The molecule has 0 spiro atoms. The fourth-order valence-electron chi connectivity index (χ4n) is 2.31. The highest BCUT2D eigenvalue weighted by molar-refractivity contribution is 5.68. The lowest BCUT2D eigenvalue weighted by Gasteiger charge is -2.29. The van der Waals surface area contributed by atoms with Gasteiger partial charge in [-0.2, -0.15) is 0 Å². The normalized spacial score (nSPS) is 19.5. The van der Waals surface area contributed by atoms with Crippen LogP contribution in [0.15, 0.2) is 0 Å². The highest BCUT2D eigenvalue weighted by Crippen LogP contribution is 2.13. The number of rotatable bonds is 6. The Labute approximate surface area is 117 Å². The second-order valence-corrected chi connectivity index (χ2v) is 6.43. The van der Waals surface area contributed by atoms with Crippen molar-refractivity contribution >= 4 is 6.09 Å². The summed E-state index contributed by atoms with van der Waals surface area (Å²) < 4.78 is 5.50. The summed E-state index contributed by atoms with van der Waals surface area (Å²) in [5, 5.41) is 3.45. The first-order valence-electron chi connectivity index (χ1n) is 7.63. The molecule has 1 amide bonds. The molecule has 4 nitrogen and oxygen atoms in total. The molecule has 0 aliphatic carbocycles. The number of hydrogen-bond acceptors (Lipinski definition) is 3. The van der Waals surface area contributed by atoms with E-state index >= 15 is 0 Å². The van der Waals surface area contributed by atoms with Crippen molar-refractivity contribution in [2.45, 2.75) is 71.4 Å². The van der Waals surface area contributed by atoms with E-state index < -0.39 is 5.60 Å². The first-order valence-corrected chi connectivity index (χ1v) is 7.63. The molecule has 0 bridgehead atoms. The van der Waals surface area contributed by atoms with E-state index in [2.05, 4.69) is 12.2 Å². The molecule has 4 heteroatoms. The van der Waals surface area contributed by atoms with Crippen molar-refractivity contribution in [2.24, 2.45) is 0 Å². The topological polar surface area (TPSA) is 41.6 Å². The van der Waals surface area contributed by atoms with Crippen molar-refractivity contribution in [1.82, 2.24) is 10.2 Å². The minimum absolute atomic E-state index is 0.169. The van der Waals surface area contributed by atoms with E-state index in [0.29, 0.717) is 6.04 Å². The molecule has 112 valence electrons. The van der Waals surface area contributed by atoms with Gasteiger partial charge in [-0.1, -0.05) is 19.8 Å². The zero-order chi connectivity index (χ0) is 14.3. The molecule has 0 aromatic carbocycles. The zero-order valence-corrected chi connectivity index (χ0v) is 13.0. The fourth-order valence-corrected chi connectivity index (χ4v) is 2.31. The van der Waals surface area contributed by atoms with Gasteiger partial charge in [0.15, 0.2) is 0 Å². The summed E-state index contributed by atoms with van der Waals surface area (Å²) in [6, 6.07) is 0.439. The Morgan fingerprint density at radius 2 is 2.11 bits per heavy atom. The van der Waals surface area contributed by atoms with E-state index in [4.69, 9.17) is 4.74 Å². The van der Waals surface area contributed by atoms with E-state index in [1.54, 1.807) is 0 Å². The Balaban J connectivity index is 2.48. The second-order valence-electron chi connectivity index (χ2n) is 6.43. The van der Waals surface area contributed by atoms with Crippen LogP contribution in [0.25, 0.3) is 0 Å². The number of hydrogen-bond donors (Lipinski definition) is 1. The predicted octanol–water partition coefficient (Wildman–Crippen LogP) is 3.17. The average Bonchev–Trinajstić information content (AvgIpc) is 2.78. The minimum Gasteiger partial charge on any atom is -0.444 e. The maximum atomic E-state index is 12.2. The van der Waals surface area contributed by atoms with Crippen LogP contribution < -0.4 is 5.32 Å². The lowest BCUT2D eigenvalue weighted by molar-refractivity contribution is 0.0232. The minimum atomic E-state index is -0.413. The molecule has 1 rings (SSSR count). The van der Waals surface area contributed by atoms with Crippen molar-refractivity contribution in [3.63, 3.8) is 0 Å². The van der Waals surface area contributed by atoms with Crippen LogP contribution in [0, 0.1) is 0 Å². The molecule has 0 unspecified atom stereocenters. The number of amides is 1. The predicted molar refractivity (Wildman–Crippen MR) is 78.4 cm³/mol. The summed E-state index contributed by atoms with van der Waals surface area (Å²) in [4.78, 5) is 14.1. The number of nitrogens with zero attached hydrogens (tertiary/aromatic N) is 1. The van der Waals surface area contributed by atoms with Gasteiger partial charge >= 0.3 is 6.09 Å². The molecular formula is C15H30N2O2. The molecule has 0 aromatic heterocycles. The first kappa shape index (κ1) is 16.3. The number of ether oxygens (including phenoxy) is 1. The van der Waals surface area contributed by atoms with Gasteiger partial charge in [-0.3, -0.25) is 0 Å². The third kappa shape index (κ3) is 6.81. The summed E-state index contributed by atoms with van der Waals surface area (Å²) in [5.74, 6) is 0. The van der Waals surface area contributed by atoms with Crippen LogP contribution in [-0.4, -0.2) is 42.3 Å². The quantitative estimate of drug-likeness (QED) is 0.754. The summed E-state index contributed by atoms with van der Waals surface area (Å²) in [6.07, 6.45) is 5.59. The van der Waals surface area contributed by atoms with Crippen LogP contribution in [0.1, 0.15) is 59.8 Å². The third-order valence-corrected chi connectivity index (χ3v) is 3.29. The molecule has 1 heterocycles. The summed E-state index contributed by atoms with van der Waals surface area (Å²) in [6.45, 7) is 10.6.